The summed E-state index contributed by atoms with van der Waals surface area (Å²) in [6.07, 6.45) is 3.95. The van der Waals surface area contributed by atoms with Crippen molar-refractivity contribution in [2.75, 3.05) is 19.7 Å². The molecule has 0 saturated carbocycles. The zero-order chi connectivity index (χ0) is 13.0. The second-order valence-corrected chi connectivity index (χ2v) is 5.35. The van der Waals surface area contributed by atoms with Gasteiger partial charge in [0.1, 0.15) is 5.76 Å². The number of nitrogens with zero attached hydrogens (tertiary/aromatic N) is 1. The van der Waals surface area contributed by atoms with Gasteiger partial charge in [-0.2, -0.15) is 0 Å². The molecule has 0 bridgehead atoms. The Bertz CT molecular complexity index is 352. The minimum atomic E-state index is -0.453. The molecule has 4 heteroatoms. The molecule has 1 saturated heterocycles. The second kappa shape index (κ2) is 5.87. The van der Waals surface area contributed by atoms with E-state index in [1.54, 1.807) is 6.26 Å². The van der Waals surface area contributed by atoms with Crippen molar-refractivity contribution in [2.24, 2.45) is 5.41 Å². The molecule has 1 aromatic heterocycles. The van der Waals surface area contributed by atoms with Crippen molar-refractivity contribution >= 4 is 0 Å². The van der Waals surface area contributed by atoms with Crippen LogP contribution in [0, 0.1) is 5.41 Å². The molecule has 1 fully saturated rings. The Labute approximate surface area is 108 Å². The van der Waals surface area contributed by atoms with Crippen LogP contribution in [0.2, 0.25) is 0 Å². The van der Waals surface area contributed by atoms with Crippen LogP contribution in [-0.2, 0) is 6.54 Å². The normalized spacial score (nSPS) is 29.6. The van der Waals surface area contributed by atoms with E-state index in [1.807, 2.05) is 12.1 Å². The van der Waals surface area contributed by atoms with E-state index in [0.717, 1.165) is 38.1 Å². The van der Waals surface area contributed by atoms with E-state index in [-0.39, 0.29) is 12.0 Å². The van der Waals surface area contributed by atoms with Crippen LogP contribution in [0.5, 0.6) is 0 Å². The number of aliphatic hydroxyl groups excluding tert-OH is 2. The van der Waals surface area contributed by atoms with E-state index in [0.29, 0.717) is 6.54 Å². The Morgan fingerprint density at radius 1 is 1.56 bits per heavy atom. The van der Waals surface area contributed by atoms with Crippen LogP contribution in [0.25, 0.3) is 0 Å². The van der Waals surface area contributed by atoms with Gasteiger partial charge < -0.3 is 14.6 Å². The molecular formula is C14H23NO3. The minimum Gasteiger partial charge on any atom is -0.468 e. The molecule has 1 aliphatic heterocycles. The Morgan fingerprint density at radius 2 is 2.39 bits per heavy atom. The fourth-order valence-electron chi connectivity index (χ4n) is 2.90. The lowest BCUT2D eigenvalue weighted by molar-refractivity contribution is -0.0812. The Balaban J connectivity index is 1.94. The van der Waals surface area contributed by atoms with Gasteiger partial charge >= 0.3 is 0 Å². The number of piperidine rings is 1. The molecular weight excluding hydrogens is 230 g/mol. The first kappa shape index (κ1) is 13.6. The Hall–Kier alpha value is -0.840. The molecule has 102 valence electrons. The van der Waals surface area contributed by atoms with Gasteiger partial charge in [0.2, 0.25) is 0 Å². The lowest BCUT2D eigenvalue weighted by Crippen LogP contribution is -2.52. The predicted molar refractivity (Wildman–Crippen MR) is 69.0 cm³/mol. The topological polar surface area (TPSA) is 56.8 Å². The van der Waals surface area contributed by atoms with E-state index in [9.17, 15) is 10.2 Å². The fourth-order valence-corrected chi connectivity index (χ4v) is 2.90. The highest BCUT2D eigenvalue weighted by Crippen LogP contribution is 2.36. The van der Waals surface area contributed by atoms with Gasteiger partial charge in [-0.25, -0.2) is 0 Å². The zero-order valence-electron chi connectivity index (χ0n) is 11.0. The summed E-state index contributed by atoms with van der Waals surface area (Å²) in [7, 11) is 0. The third-order valence-electron chi connectivity index (χ3n) is 4.09. The van der Waals surface area contributed by atoms with Gasteiger partial charge in [0.05, 0.1) is 25.5 Å². The van der Waals surface area contributed by atoms with E-state index < -0.39 is 6.10 Å². The number of hydrogen-bond donors (Lipinski definition) is 2. The van der Waals surface area contributed by atoms with Crippen molar-refractivity contribution < 1.29 is 14.6 Å². The lowest BCUT2D eigenvalue weighted by atomic mass is 9.73. The third-order valence-corrected chi connectivity index (χ3v) is 4.09. The first-order valence-electron chi connectivity index (χ1n) is 6.74. The highest BCUT2D eigenvalue weighted by molar-refractivity contribution is 5.00. The fraction of sp³-hybridized carbons (Fsp3) is 0.714. The second-order valence-electron chi connectivity index (χ2n) is 5.35. The number of likely N-dealkylation sites (tertiary alicyclic amines) is 1. The van der Waals surface area contributed by atoms with Crippen molar-refractivity contribution in [3.05, 3.63) is 24.2 Å². The van der Waals surface area contributed by atoms with E-state index in [2.05, 4.69) is 11.8 Å². The monoisotopic (exact) mass is 253 g/mol. The molecule has 0 spiro atoms. The summed E-state index contributed by atoms with van der Waals surface area (Å²) in [4.78, 5) is 2.19. The van der Waals surface area contributed by atoms with Crippen LogP contribution in [0.3, 0.4) is 0 Å². The SMILES string of the molecule is CCC[C@]1(CO)CCN(Cc2ccco2)C[C@H]1O. The van der Waals surface area contributed by atoms with Crippen LogP contribution < -0.4 is 0 Å². The van der Waals surface area contributed by atoms with Gasteiger partial charge in [-0.1, -0.05) is 13.3 Å². The van der Waals surface area contributed by atoms with Crippen molar-refractivity contribution in [1.29, 1.82) is 0 Å². The van der Waals surface area contributed by atoms with Crippen molar-refractivity contribution in [3.63, 3.8) is 0 Å². The van der Waals surface area contributed by atoms with Gasteiger partial charge in [0.25, 0.3) is 0 Å². The van der Waals surface area contributed by atoms with E-state index in [4.69, 9.17) is 4.42 Å². The summed E-state index contributed by atoms with van der Waals surface area (Å²) in [6, 6.07) is 3.83. The lowest BCUT2D eigenvalue weighted by Gasteiger charge is -2.44. The maximum absolute atomic E-state index is 10.3. The number of rotatable bonds is 5. The maximum Gasteiger partial charge on any atom is 0.117 e. The van der Waals surface area contributed by atoms with Crippen molar-refractivity contribution in [2.45, 2.75) is 38.8 Å². The molecule has 0 radical (unpaired) electrons. The molecule has 18 heavy (non-hydrogen) atoms. The zero-order valence-corrected chi connectivity index (χ0v) is 11.0. The van der Waals surface area contributed by atoms with Gasteiger partial charge in [-0.05, 0) is 31.5 Å². The van der Waals surface area contributed by atoms with Crippen molar-refractivity contribution in [3.8, 4) is 0 Å². The number of hydrogen-bond acceptors (Lipinski definition) is 4. The van der Waals surface area contributed by atoms with Crippen LogP contribution >= 0.6 is 0 Å². The van der Waals surface area contributed by atoms with Crippen LogP contribution in [-0.4, -0.2) is 40.9 Å². The summed E-state index contributed by atoms with van der Waals surface area (Å²) < 4.78 is 5.32. The Kier molecular flexibility index (Phi) is 4.43. The first-order valence-corrected chi connectivity index (χ1v) is 6.74. The summed E-state index contributed by atoms with van der Waals surface area (Å²) >= 11 is 0. The quantitative estimate of drug-likeness (QED) is 0.837. The van der Waals surface area contributed by atoms with Gasteiger partial charge in [0.15, 0.2) is 0 Å². The summed E-state index contributed by atoms with van der Waals surface area (Å²) in [5.74, 6) is 0.925. The number of aliphatic hydroxyl groups is 2. The molecule has 2 atom stereocenters. The molecule has 0 aromatic carbocycles. The van der Waals surface area contributed by atoms with E-state index >= 15 is 0 Å². The molecule has 4 nitrogen and oxygen atoms in total. The average molecular weight is 253 g/mol. The smallest absolute Gasteiger partial charge is 0.117 e. The Morgan fingerprint density at radius 3 is 2.94 bits per heavy atom. The molecule has 0 aliphatic carbocycles. The van der Waals surface area contributed by atoms with Crippen LogP contribution in [0.4, 0.5) is 0 Å². The van der Waals surface area contributed by atoms with Crippen molar-refractivity contribution in [1.82, 2.24) is 4.90 Å². The minimum absolute atomic E-state index is 0.0800. The largest absolute Gasteiger partial charge is 0.468 e. The van der Waals surface area contributed by atoms with Gasteiger partial charge in [-0.3, -0.25) is 4.90 Å². The first-order chi connectivity index (χ1) is 8.70. The van der Waals surface area contributed by atoms with Crippen LogP contribution in [0.15, 0.2) is 22.8 Å². The molecule has 2 rings (SSSR count). The van der Waals surface area contributed by atoms with E-state index in [1.165, 1.54) is 0 Å². The summed E-state index contributed by atoms with van der Waals surface area (Å²) in [5, 5.41) is 19.9. The highest BCUT2D eigenvalue weighted by Gasteiger charge is 2.41. The predicted octanol–water partition coefficient (Wildman–Crippen LogP) is 1.62. The van der Waals surface area contributed by atoms with Gasteiger partial charge in [0, 0.05) is 12.0 Å². The number of furan rings is 1. The summed E-state index contributed by atoms with van der Waals surface area (Å²) in [6.45, 7) is 4.42. The highest BCUT2D eigenvalue weighted by atomic mass is 16.3. The van der Waals surface area contributed by atoms with Crippen LogP contribution in [0.1, 0.15) is 31.9 Å². The molecule has 1 aliphatic rings. The molecule has 2 heterocycles. The molecule has 2 N–H and O–H groups in total. The standard InChI is InChI=1S/C14H23NO3/c1-2-5-14(11-16)6-7-15(10-13(14)17)9-12-4-3-8-18-12/h3-4,8,13,16-17H,2,5-7,9-11H2,1H3/t13-,14-/m1/s1. The summed E-state index contributed by atoms with van der Waals surface area (Å²) in [5.41, 5.74) is -0.297. The molecule has 0 amide bonds. The molecule has 0 unspecified atom stereocenters. The number of β-amino-alcohol motifs (C(OH)–C–C–N with tert-alkyl or cyclic N) is 1. The average Bonchev–Trinajstić information content (AvgIpc) is 2.86. The molecule has 1 aromatic rings. The van der Waals surface area contributed by atoms with Gasteiger partial charge in [-0.15, -0.1) is 0 Å². The third kappa shape index (κ3) is 2.76. The maximum atomic E-state index is 10.3.